The van der Waals surface area contributed by atoms with Crippen molar-refractivity contribution in [3.63, 3.8) is 0 Å². The van der Waals surface area contributed by atoms with Gasteiger partial charge >= 0.3 is 0 Å². The van der Waals surface area contributed by atoms with Crippen LogP contribution in [0.15, 0.2) is 24.0 Å². The van der Waals surface area contributed by atoms with Gasteiger partial charge in [0, 0.05) is 6.42 Å². The first kappa shape index (κ1) is 10.2. The van der Waals surface area contributed by atoms with Gasteiger partial charge in [-0.15, -0.1) is 0 Å². The molecule has 2 heteroatoms. The first-order chi connectivity index (χ1) is 5.20. The second-order valence-corrected chi connectivity index (χ2v) is 2.87. The summed E-state index contributed by atoms with van der Waals surface area (Å²) >= 11 is 0. The van der Waals surface area contributed by atoms with Crippen LogP contribution in [0.25, 0.3) is 0 Å². The Morgan fingerprint density at radius 2 is 2.18 bits per heavy atom. The summed E-state index contributed by atoms with van der Waals surface area (Å²) in [6, 6.07) is 0. The van der Waals surface area contributed by atoms with Crippen molar-refractivity contribution in [2.75, 3.05) is 0 Å². The van der Waals surface area contributed by atoms with Crippen molar-refractivity contribution in [3.8, 4) is 0 Å². The largest absolute Gasteiger partial charge is 0.416 e. The van der Waals surface area contributed by atoms with E-state index in [2.05, 4.69) is 18.7 Å². The number of rotatable bonds is 4. The number of hydrogen-bond acceptors (Lipinski definition) is 2. The van der Waals surface area contributed by atoms with E-state index in [9.17, 15) is 0 Å². The van der Waals surface area contributed by atoms with Crippen molar-refractivity contribution in [1.82, 2.24) is 0 Å². The standard InChI is InChI=1S/C9H17NO/c1-4-5-6-9(11-10)7-8(2)3/h4-6,8H,7,10H2,1-3H3/b5-4-,9-6-. The summed E-state index contributed by atoms with van der Waals surface area (Å²) in [5.41, 5.74) is 0. The summed E-state index contributed by atoms with van der Waals surface area (Å²) in [7, 11) is 0. The van der Waals surface area contributed by atoms with Crippen LogP contribution in [0.5, 0.6) is 0 Å². The molecule has 0 spiro atoms. The van der Waals surface area contributed by atoms with Gasteiger partial charge in [-0.2, -0.15) is 5.90 Å². The highest BCUT2D eigenvalue weighted by atomic mass is 16.6. The molecule has 11 heavy (non-hydrogen) atoms. The topological polar surface area (TPSA) is 35.2 Å². The zero-order chi connectivity index (χ0) is 8.69. The molecule has 0 rings (SSSR count). The molecule has 0 aliphatic rings. The molecule has 0 radical (unpaired) electrons. The minimum absolute atomic E-state index is 0.579. The summed E-state index contributed by atoms with van der Waals surface area (Å²) < 4.78 is 0. The number of nitrogens with two attached hydrogens (primary N) is 1. The third-order valence-electron chi connectivity index (χ3n) is 1.24. The first-order valence-corrected chi connectivity index (χ1v) is 3.89. The monoisotopic (exact) mass is 155 g/mol. The van der Waals surface area contributed by atoms with Gasteiger partial charge < -0.3 is 4.84 Å². The van der Waals surface area contributed by atoms with Crippen LogP contribution < -0.4 is 5.90 Å². The van der Waals surface area contributed by atoms with Crippen molar-refractivity contribution < 1.29 is 4.84 Å². The van der Waals surface area contributed by atoms with E-state index in [1.165, 1.54) is 0 Å². The Labute approximate surface area is 68.7 Å². The van der Waals surface area contributed by atoms with E-state index >= 15 is 0 Å². The smallest absolute Gasteiger partial charge is 0.124 e. The van der Waals surface area contributed by atoms with Crippen molar-refractivity contribution in [2.24, 2.45) is 11.8 Å². The van der Waals surface area contributed by atoms with E-state index in [-0.39, 0.29) is 0 Å². The van der Waals surface area contributed by atoms with Crippen LogP contribution in [-0.2, 0) is 4.84 Å². The van der Waals surface area contributed by atoms with Crippen molar-refractivity contribution in [3.05, 3.63) is 24.0 Å². The normalized spacial score (nSPS) is 13.0. The lowest BCUT2D eigenvalue weighted by atomic mass is 10.1. The quantitative estimate of drug-likeness (QED) is 0.384. The molecule has 0 unspecified atom stereocenters. The third-order valence-corrected chi connectivity index (χ3v) is 1.24. The molecule has 64 valence electrons. The molecule has 0 aromatic rings. The van der Waals surface area contributed by atoms with Crippen molar-refractivity contribution in [1.29, 1.82) is 0 Å². The fraction of sp³-hybridized carbons (Fsp3) is 0.556. The van der Waals surface area contributed by atoms with Crippen LogP contribution in [-0.4, -0.2) is 0 Å². The van der Waals surface area contributed by atoms with Crippen LogP contribution >= 0.6 is 0 Å². The highest BCUT2D eigenvalue weighted by Gasteiger charge is 1.99. The summed E-state index contributed by atoms with van der Waals surface area (Å²) in [5.74, 6) is 6.47. The maximum absolute atomic E-state index is 5.06. The van der Waals surface area contributed by atoms with Gasteiger partial charge in [0.05, 0.1) is 0 Å². The number of hydrogen-bond donors (Lipinski definition) is 1. The fourth-order valence-corrected chi connectivity index (χ4v) is 0.761. The fourth-order valence-electron chi connectivity index (χ4n) is 0.761. The first-order valence-electron chi connectivity index (χ1n) is 3.89. The number of allylic oxidation sites excluding steroid dienone is 4. The molecule has 0 aromatic heterocycles. The molecule has 0 fully saturated rings. The maximum Gasteiger partial charge on any atom is 0.124 e. The molecule has 2 N–H and O–H groups in total. The molecular weight excluding hydrogens is 138 g/mol. The second-order valence-electron chi connectivity index (χ2n) is 2.87. The Bertz CT molecular complexity index is 148. The minimum atomic E-state index is 0.579. The Balaban J connectivity index is 3.94. The summed E-state index contributed by atoms with van der Waals surface area (Å²) in [5, 5.41) is 0. The molecule has 0 aromatic carbocycles. The third kappa shape index (κ3) is 5.67. The summed E-state index contributed by atoms with van der Waals surface area (Å²) in [6.07, 6.45) is 6.64. The van der Waals surface area contributed by atoms with Gasteiger partial charge in [-0.1, -0.05) is 26.0 Å². The van der Waals surface area contributed by atoms with Gasteiger partial charge in [-0.3, -0.25) is 0 Å². The zero-order valence-corrected chi connectivity index (χ0v) is 7.50. The highest BCUT2D eigenvalue weighted by Crippen LogP contribution is 2.09. The van der Waals surface area contributed by atoms with E-state index in [1.807, 2.05) is 25.2 Å². The van der Waals surface area contributed by atoms with Crippen LogP contribution in [0.3, 0.4) is 0 Å². The molecule has 0 bridgehead atoms. The predicted molar refractivity (Wildman–Crippen MR) is 47.6 cm³/mol. The van der Waals surface area contributed by atoms with E-state index < -0.39 is 0 Å². The Morgan fingerprint density at radius 3 is 2.55 bits per heavy atom. The van der Waals surface area contributed by atoms with E-state index in [4.69, 9.17) is 5.90 Å². The van der Waals surface area contributed by atoms with Crippen LogP contribution in [0.2, 0.25) is 0 Å². The predicted octanol–water partition coefficient (Wildman–Crippen LogP) is 2.38. The molecule has 0 atom stereocenters. The van der Waals surface area contributed by atoms with Gasteiger partial charge in [0.15, 0.2) is 0 Å². The van der Waals surface area contributed by atoms with Gasteiger partial charge in [0.1, 0.15) is 5.76 Å². The van der Waals surface area contributed by atoms with Gasteiger partial charge in [0.25, 0.3) is 0 Å². The molecular formula is C9H17NO. The average Bonchev–Trinajstić information content (AvgIpc) is 1.97. The van der Waals surface area contributed by atoms with Crippen molar-refractivity contribution in [2.45, 2.75) is 27.2 Å². The molecule has 0 aliphatic carbocycles. The lowest BCUT2D eigenvalue weighted by Gasteiger charge is -2.05. The minimum Gasteiger partial charge on any atom is -0.416 e. The van der Waals surface area contributed by atoms with E-state index in [1.54, 1.807) is 0 Å². The van der Waals surface area contributed by atoms with E-state index in [0.29, 0.717) is 5.92 Å². The highest BCUT2D eigenvalue weighted by molar-refractivity contribution is 5.06. The molecule has 0 saturated carbocycles. The SMILES string of the molecule is C/C=C\C=C(\CC(C)C)ON. The molecule has 0 heterocycles. The lowest BCUT2D eigenvalue weighted by molar-refractivity contribution is 0.202. The molecule has 0 saturated heterocycles. The van der Waals surface area contributed by atoms with Gasteiger partial charge in [0.2, 0.25) is 0 Å². The molecule has 0 amide bonds. The van der Waals surface area contributed by atoms with Crippen LogP contribution in [0.1, 0.15) is 27.2 Å². The van der Waals surface area contributed by atoms with Crippen molar-refractivity contribution >= 4 is 0 Å². The average molecular weight is 155 g/mol. The lowest BCUT2D eigenvalue weighted by Crippen LogP contribution is -2.01. The molecule has 0 aliphatic heterocycles. The van der Waals surface area contributed by atoms with Crippen LogP contribution in [0.4, 0.5) is 0 Å². The summed E-state index contributed by atoms with van der Waals surface area (Å²) in [6.45, 7) is 6.21. The summed E-state index contributed by atoms with van der Waals surface area (Å²) in [4.78, 5) is 4.67. The Hall–Kier alpha value is -0.760. The Kier molecular flexibility index (Phi) is 5.57. The van der Waals surface area contributed by atoms with Gasteiger partial charge in [-0.05, 0) is 18.9 Å². The second kappa shape index (κ2) is 5.98. The Morgan fingerprint density at radius 1 is 1.55 bits per heavy atom. The maximum atomic E-state index is 5.06. The van der Waals surface area contributed by atoms with E-state index in [0.717, 1.165) is 12.2 Å². The molecule has 2 nitrogen and oxygen atoms in total. The zero-order valence-electron chi connectivity index (χ0n) is 7.50. The van der Waals surface area contributed by atoms with Crippen LogP contribution in [0, 0.1) is 5.92 Å². The van der Waals surface area contributed by atoms with Gasteiger partial charge in [-0.25, -0.2) is 0 Å².